The fourth-order valence-corrected chi connectivity index (χ4v) is 1.55. The standard InChI is InChI=1S/C7H15NO/c1-5-3-7(5,4-8)6(2)9/h5-6,9H,3-4,8H2,1-2H3/t5-,6+,7+/m0/s1. The summed E-state index contributed by atoms with van der Waals surface area (Å²) < 4.78 is 0. The molecule has 54 valence electrons. The zero-order valence-electron chi connectivity index (χ0n) is 6.09. The van der Waals surface area contributed by atoms with Crippen LogP contribution in [-0.2, 0) is 0 Å². The first-order chi connectivity index (χ1) is 4.13. The summed E-state index contributed by atoms with van der Waals surface area (Å²) in [5.41, 5.74) is 5.58. The van der Waals surface area contributed by atoms with E-state index in [0.717, 1.165) is 6.42 Å². The Hall–Kier alpha value is -0.0800. The number of aliphatic hydroxyl groups is 1. The lowest BCUT2D eigenvalue weighted by atomic mass is 9.98. The average Bonchev–Trinajstić information content (AvgIpc) is 2.43. The molecule has 3 N–H and O–H groups in total. The van der Waals surface area contributed by atoms with Crippen molar-refractivity contribution in [3.8, 4) is 0 Å². The minimum absolute atomic E-state index is 0.0833. The van der Waals surface area contributed by atoms with Crippen LogP contribution >= 0.6 is 0 Å². The largest absolute Gasteiger partial charge is 0.393 e. The fraction of sp³-hybridized carbons (Fsp3) is 1.00. The molecule has 2 nitrogen and oxygen atoms in total. The minimum Gasteiger partial charge on any atom is -0.393 e. The minimum atomic E-state index is -0.225. The van der Waals surface area contributed by atoms with Crippen molar-refractivity contribution < 1.29 is 5.11 Å². The van der Waals surface area contributed by atoms with E-state index in [4.69, 9.17) is 5.73 Å². The topological polar surface area (TPSA) is 46.2 Å². The van der Waals surface area contributed by atoms with Gasteiger partial charge in [-0.05, 0) is 19.3 Å². The van der Waals surface area contributed by atoms with Crippen LogP contribution in [0.5, 0.6) is 0 Å². The number of hydrogen-bond donors (Lipinski definition) is 2. The predicted octanol–water partition coefficient (Wildman–Crippen LogP) is 0.352. The van der Waals surface area contributed by atoms with Crippen molar-refractivity contribution in [3.63, 3.8) is 0 Å². The van der Waals surface area contributed by atoms with Crippen LogP contribution in [0, 0.1) is 11.3 Å². The number of rotatable bonds is 2. The van der Waals surface area contributed by atoms with Crippen LogP contribution in [0.15, 0.2) is 0 Å². The van der Waals surface area contributed by atoms with E-state index in [1.165, 1.54) is 0 Å². The van der Waals surface area contributed by atoms with E-state index in [9.17, 15) is 5.11 Å². The van der Waals surface area contributed by atoms with Gasteiger partial charge in [0.25, 0.3) is 0 Å². The molecule has 0 bridgehead atoms. The van der Waals surface area contributed by atoms with Crippen LogP contribution in [0.1, 0.15) is 20.3 Å². The van der Waals surface area contributed by atoms with Gasteiger partial charge in [-0.1, -0.05) is 6.92 Å². The second-order valence-corrected chi connectivity index (χ2v) is 3.22. The van der Waals surface area contributed by atoms with Crippen molar-refractivity contribution in [2.45, 2.75) is 26.4 Å². The molecule has 1 fully saturated rings. The molecule has 0 aliphatic heterocycles. The van der Waals surface area contributed by atoms with Crippen molar-refractivity contribution in [1.82, 2.24) is 0 Å². The highest BCUT2D eigenvalue weighted by molar-refractivity contribution is 5.03. The summed E-state index contributed by atoms with van der Waals surface area (Å²) >= 11 is 0. The van der Waals surface area contributed by atoms with E-state index in [1.54, 1.807) is 0 Å². The van der Waals surface area contributed by atoms with Gasteiger partial charge in [0.1, 0.15) is 0 Å². The Morgan fingerprint density at radius 3 is 2.33 bits per heavy atom. The summed E-state index contributed by atoms with van der Waals surface area (Å²) in [6.45, 7) is 4.60. The van der Waals surface area contributed by atoms with Gasteiger partial charge in [0.2, 0.25) is 0 Å². The van der Waals surface area contributed by atoms with E-state index in [2.05, 4.69) is 6.92 Å². The Balaban J connectivity index is 2.52. The molecule has 0 aromatic rings. The van der Waals surface area contributed by atoms with E-state index in [0.29, 0.717) is 12.5 Å². The zero-order valence-corrected chi connectivity index (χ0v) is 6.09. The third-order valence-electron chi connectivity index (χ3n) is 2.72. The normalized spacial score (nSPS) is 44.7. The van der Waals surface area contributed by atoms with Gasteiger partial charge in [-0.3, -0.25) is 0 Å². The molecule has 0 saturated heterocycles. The van der Waals surface area contributed by atoms with Crippen molar-refractivity contribution >= 4 is 0 Å². The summed E-state index contributed by atoms with van der Waals surface area (Å²) in [7, 11) is 0. The molecular formula is C7H15NO. The van der Waals surface area contributed by atoms with E-state index < -0.39 is 0 Å². The molecule has 3 atom stereocenters. The molecule has 0 spiro atoms. The maximum absolute atomic E-state index is 9.23. The first-order valence-corrected chi connectivity index (χ1v) is 3.51. The summed E-state index contributed by atoms with van der Waals surface area (Å²) in [6, 6.07) is 0. The van der Waals surface area contributed by atoms with Gasteiger partial charge in [-0.15, -0.1) is 0 Å². The molecule has 0 radical (unpaired) electrons. The number of hydrogen-bond acceptors (Lipinski definition) is 2. The number of aliphatic hydroxyl groups excluding tert-OH is 1. The van der Waals surface area contributed by atoms with Crippen LogP contribution in [0.2, 0.25) is 0 Å². The highest BCUT2D eigenvalue weighted by Crippen LogP contribution is 2.53. The lowest BCUT2D eigenvalue weighted by molar-refractivity contribution is 0.106. The lowest BCUT2D eigenvalue weighted by Gasteiger charge is -2.16. The lowest BCUT2D eigenvalue weighted by Crippen LogP contribution is -2.28. The third kappa shape index (κ3) is 0.864. The fourth-order valence-electron chi connectivity index (χ4n) is 1.55. The molecule has 1 rings (SSSR count). The van der Waals surface area contributed by atoms with Gasteiger partial charge in [-0.2, -0.15) is 0 Å². The van der Waals surface area contributed by atoms with Crippen LogP contribution in [0.4, 0.5) is 0 Å². The van der Waals surface area contributed by atoms with Crippen molar-refractivity contribution in [3.05, 3.63) is 0 Å². The zero-order chi connectivity index (χ0) is 7.07. The van der Waals surface area contributed by atoms with Crippen molar-refractivity contribution in [1.29, 1.82) is 0 Å². The molecular weight excluding hydrogens is 114 g/mol. The molecule has 0 unspecified atom stereocenters. The molecule has 1 saturated carbocycles. The Morgan fingerprint density at radius 2 is 2.33 bits per heavy atom. The molecule has 0 aromatic carbocycles. The first kappa shape index (κ1) is 7.03. The van der Waals surface area contributed by atoms with Crippen LogP contribution in [-0.4, -0.2) is 17.8 Å². The molecule has 2 heteroatoms. The van der Waals surface area contributed by atoms with Gasteiger partial charge in [0, 0.05) is 12.0 Å². The monoisotopic (exact) mass is 129 g/mol. The molecule has 9 heavy (non-hydrogen) atoms. The summed E-state index contributed by atoms with van der Waals surface area (Å²) in [5.74, 6) is 0.627. The SMILES string of the molecule is C[C@@H](O)[C@@]1(CN)C[C@@H]1C. The van der Waals surface area contributed by atoms with Crippen LogP contribution in [0.25, 0.3) is 0 Å². The van der Waals surface area contributed by atoms with Crippen molar-refractivity contribution in [2.75, 3.05) is 6.54 Å². The Kier molecular flexibility index (Phi) is 1.53. The molecule has 1 aliphatic rings. The van der Waals surface area contributed by atoms with E-state index >= 15 is 0 Å². The summed E-state index contributed by atoms with van der Waals surface area (Å²) in [6.07, 6.45) is 0.874. The highest BCUT2D eigenvalue weighted by Gasteiger charge is 2.53. The summed E-state index contributed by atoms with van der Waals surface area (Å²) in [5, 5.41) is 9.23. The average molecular weight is 129 g/mol. The Bertz CT molecular complexity index is 109. The second-order valence-electron chi connectivity index (χ2n) is 3.22. The Morgan fingerprint density at radius 1 is 1.89 bits per heavy atom. The van der Waals surface area contributed by atoms with Crippen LogP contribution in [0.3, 0.4) is 0 Å². The van der Waals surface area contributed by atoms with Gasteiger partial charge in [0.05, 0.1) is 6.10 Å². The second kappa shape index (κ2) is 1.96. The first-order valence-electron chi connectivity index (χ1n) is 3.51. The van der Waals surface area contributed by atoms with E-state index in [-0.39, 0.29) is 11.5 Å². The Labute approximate surface area is 56.1 Å². The third-order valence-corrected chi connectivity index (χ3v) is 2.72. The number of nitrogens with two attached hydrogens (primary N) is 1. The molecule has 0 amide bonds. The maximum atomic E-state index is 9.23. The smallest absolute Gasteiger partial charge is 0.0583 e. The molecule has 0 aromatic heterocycles. The van der Waals surface area contributed by atoms with Gasteiger partial charge in [0.15, 0.2) is 0 Å². The van der Waals surface area contributed by atoms with E-state index in [1.807, 2.05) is 6.92 Å². The van der Waals surface area contributed by atoms with Gasteiger partial charge < -0.3 is 10.8 Å². The predicted molar refractivity (Wildman–Crippen MR) is 36.9 cm³/mol. The van der Waals surface area contributed by atoms with Gasteiger partial charge in [-0.25, -0.2) is 0 Å². The molecule has 1 aliphatic carbocycles. The quantitative estimate of drug-likeness (QED) is 0.565. The van der Waals surface area contributed by atoms with Crippen molar-refractivity contribution in [2.24, 2.45) is 17.1 Å². The highest BCUT2D eigenvalue weighted by atomic mass is 16.3. The molecule has 0 heterocycles. The van der Waals surface area contributed by atoms with Crippen LogP contribution < -0.4 is 5.73 Å². The summed E-state index contributed by atoms with van der Waals surface area (Å²) in [4.78, 5) is 0. The van der Waals surface area contributed by atoms with Gasteiger partial charge >= 0.3 is 0 Å². The maximum Gasteiger partial charge on any atom is 0.0583 e.